The first-order chi connectivity index (χ1) is 15.1. The van der Waals surface area contributed by atoms with Crippen molar-refractivity contribution in [2.24, 2.45) is 0 Å². The highest BCUT2D eigenvalue weighted by molar-refractivity contribution is 7.10. The summed E-state index contributed by atoms with van der Waals surface area (Å²) in [6.07, 6.45) is 1.24. The van der Waals surface area contributed by atoms with Crippen molar-refractivity contribution >= 4 is 34.5 Å². The van der Waals surface area contributed by atoms with Crippen molar-refractivity contribution in [1.29, 1.82) is 0 Å². The number of para-hydroxylation sites is 2. The molecule has 31 heavy (non-hydrogen) atoms. The maximum Gasteiger partial charge on any atom is 0.241 e. The fourth-order valence-electron chi connectivity index (χ4n) is 4.78. The molecule has 158 valence electrons. The van der Waals surface area contributed by atoms with Crippen LogP contribution in [0.15, 0.2) is 66.0 Å². The van der Waals surface area contributed by atoms with Crippen LogP contribution in [0.2, 0.25) is 0 Å². The second kappa shape index (κ2) is 8.29. The van der Waals surface area contributed by atoms with Gasteiger partial charge in [-0.05, 0) is 48.1 Å². The lowest BCUT2D eigenvalue weighted by atomic mass is 9.93. The van der Waals surface area contributed by atoms with Gasteiger partial charge in [-0.15, -0.1) is 11.3 Å². The molecule has 2 atom stereocenters. The normalized spacial score (nSPS) is 21.1. The first-order valence-electron chi connectivity index (χ1n) is 10.7. The average Bonchev–Trinajstić information content (AvgIpc) is 3.19. The summed E-state index contributed by atoms with van der Waals surface area (Å²) in [5.74, 6) is -0.0330. The summed E-state index contributed by atoms with van der Waals surface area (Å²) in [5.41, 5.74) is 3.98. The largest absolute Gasteiger partial charge is 0.324 e. The Morgan fingerprint density at radius 1 is 1.10 bits per heavy atom. The number of anilines is 2. The van der Waals surface area contributed by atoms with E-state index < -0.39 is 0 Å². The Balaban J connectivity index is 1.47. The molecule has 5 rings (SSSR count). The van der Waals surface area contributed by atoms with Crippen molar-refractivity contribution < 1.29 is 9.59 Å². The van der Waals surface area contributed by atoms with Crippen LogP contribution in [0, 0.1) is 0 Å². The molecule has 0 spiro atoms. The number of rotatable bonds is 3. The monoisotopic (exact) mass is 431 g/mol. The lowest BCUT2D eigenvalue weighted by Crippen LogP contribution is -2.47. The molecular formula is C25H25N3O2S. The number of benzene rings is 2. The van der Waals surface area contributed by atoms with E-state index in [1.807, 2.05) is 37.3 Å². The topological polar surface area (TPSA) is 52.7 Å². The summed E-state index contributed by atoms with van der Waals surface area (Å²) in [6, 6.07) is 20.0. The molecule has 2 aliphatic rings. The second-order valence-corrected chi connectivity index (χ2v) is 9.22. The number of carbonyl (C=O) groups is 2. The van der Waals surface area contributed by atoms with Gasteiger partial charge in [0, 0.05) is 23.9 Å². The molecule has 2 aromatic carbocycles. The van der Waals surface area contributed by atoms with Gasteiger partial charge in [-0.1, -0.05) is 42.5 Å². The minimum Gasteiger partial charge on any atom is -0.324 e. The molecule has 0 radical (unpaired) electrons. The van der Waals surface area contributed by atoms with Crippen molar-refractivity contribution in [2.45, 2.75) is 31.8 Å². The van der Waals surface area contributed by atoms with Crippen LogP contribution in [0.5, 0.6) is 0 Å². The molecule has 3 heterocycles. The summed E-state index contributed by atoms with van der Waals surface area (Å²) in [6.45, 7) is 3.09. The highest BCUT2D eigenvalue weighted by Crippen LogP contribution is 2.38. The number of hydrogen-bond donors (Lipinski definition) is 1. The molecule has 2 amide bonds. The zero-order valence-corrected chi connectivity index (χ0v) is 18.3. The van der Waals surface area contributed by atoms with Gasteiger partial charge < -0.3 is 10.2 Å². The van der Waals surface area contributed by atoms with Crippen LogP contribution in [0.25, 0.3) is 0 Å². The van der Waals surface area contributed by atoms with Crippen LogP contribution in [0.3, 0.4) is 0 Å². The number of carbonyl (C=O) groups excluding carboxylic acids is 2. The summed E-state index contributed by atoms with van der Waals surface area (Å²) in [7, 11) is 0. The third kappa shape index (κ3) is 3.77. The quantitative estimate of drug-likeness (QED) is 0.666. The van der Waals surface area contributed by atoms with Crippen molar-refractivity contribution in [3.05, 3.63) is 82.0 Å². The van der Waals surface area contributed by atoms with E-state index in [9.17, 15) is 9.59 Å². The van der Waals surface area contributed by atoms with Crippen LogP contribution in [0.1, 0.15) is 35.4 Å². The molecule has 0 bridgehead atoms. The minimum absolute atomic E-state index is 0.0241. The molecule has 6 heteroatoms. The Kier molecular flexibility index (Phi) is 5.34. The van der Waals surface area contributed by atoms with Gasteiger partial charge in [0.2, 0.25) is 11.8 Å². The van der Waals surface area contributed by atoms with Crippen LogP contribution >= 0.6 is 11.3 Å². The Labute approximate surface area is 186 Å². The highest BCUT2D eigenvalue weighted by Gasteiger charge is 2.35. The van der Waals surface area contributed by atoms with Gasteiger partial charge in [-0.25, -0.2) is 0 Å². The smallest absolute Gasteiger partial charge is 0.241 e. The van der Waals surface area contributed by atoms with E-state index in [-0.39, 0.29) is 30.3 Å². The maximum atomic E-state index is 13.7. The summed E-state index contributed by atoms with van der Waals surface area (Å²) in [4.78, 5) is 31.5. The molecule has 2 aliphatic heterocycles. The fourth-order valence-corrected chi connectivity index (χ4v) is 5.69. The van der Waals surface area contributed by atoms with E-state index in [1.165, 1.54) is 16.0 Å². The number of amides is 2. The van der Waals surface area contributed by atoms with Gasteiger partial charge in [0.05, 0.1) is 24.0 Å². The second-order valence-electron chi connectivity index (χ2n) is 8.22. The third-order valence-corrected chi connectivity index (χ3v) is 7.14. The van der Waals surface area contributed by atoms with Crippen LogP contribution < -0.4 is 10.2 Å². The zero-order chi connectivity index (χ0) is 21.4. The van der Waals surface area contributed by atoms with E-state index in [4.69, 9.17) is 0 Å². The Morgan fingerprint density at radius 3 is 2.71 bits per heavy atom. The number of nitrogens with zero attached hydrogens (tertiary/aromatic N) is 2. The number of thiophene rings is 1. The maximum absolute atomic E-state index is 13.7. The average molecular weight is 432 g/mol. The van der Waals surface area contributed by atoms with E-state index in [2.05, 4.69) is 45.9 Å². The van der Waals surface area contributed by atoms with Gasteiger partial charge >= 0.3 is 0 Å². The van der Waals surface area contributed by atoms with Gasteiger partial charge in [-0.2, -0.15) is 0 Å². The summed E-state index contributed by atoms with van der Waals surface area (Å²) >= 11 is 1.80. The van der Waals surface area contributed by atoms with E-state index >= 15 is 0 Å². The summed E-state index contributed by atoms with van der Waals surface area (Å²) in [5, 5.41) is 5.09. The third-order valence-electron chi connectivity index (χ3n) is 6.15. The highest BCUT2D eigenvalue weighted by atomic mass is 32.1. The molecular weight excluding hydrogens is 406 g/mol. The Bertz CT molecular complexity index is 1110. The first kappa shape index (κ1) is 20.0. The first-order valence-corrected chi connectivity index (χ1v) is 11.6. The van der Waals surface area contributed by atoms with Crippen molar-refractivity contribution in [3.8, 4) is 0 Å². The van der Waals surface area contributed by atoms with E-state index in [1.54, 1.807) is 16.2 Å². The SMILES string of the molecule is CC1CC(=O)Nc2ccccc2N1C(=O)CN1CCc2sccc2C1c1ccccc1. The number of hydrogen-bond acceptors (Lipinski definition) is 4. The fraction of sp³-hybridized carbons (Fsp3) is 0.280. The summed E-state index contributed by atoms with van der Waals surface area (Å²) < 4.78 is 0. The van der Waals surface area contributed by atoms with Gasteiger partial charge in [0.25, 0.3) is 0 Å². The molecule has 2 unspecified atom stereocenters. The number of fused-ring (bicyclic) bond motifs is 2. The van der Waals surface area contributed by atoms with Crippen LogP contribution in [-0.2, 0) is 16.0 Å². The molecule has 0 saturated carbocycles. The minimum atomic E-state index is -0.201. The lowest BCUT2D eigenvalue weighted by molar-refractivity contribution is -0.120. The van der Waals surface area contributed by atoms with Crippen molar-refractivity contribution in [2.75, 3.05) is 23.3 Å². The molecule has 0 saturated heterocycles. The van der Waals surface area contributed by atoms with Crippen LogP contribution in [-0.4, -0.2) is 35.8 Å². The molecule has 1 N–H and O–H groups in total. The molecule has 0 aliphatic carbocycles. The molecule has 3 aromatic rings. The van der Waals surface area contributed by atoms with Gasteiger partial charge in [0.15, 0.2) is 0 Å². The predicted molar refractivity (Wildman–Crippen MR) is 125 cm³/mol. The Morgan fingerprint density at radius 2 is 1.87 bits per heavy atom. The van der Waals surface area contributed by atoms with Crippen molar-refractivity contribution in [3.63, 3.8) is 0 Å². The van der Waals surface area contributed by atoms with Crippen molar-refractivity contribution in [1.82, 2.24) is 4.90 Å². The van der Waals surface area contributed by atoms with E-state index in [0.717, 1.165) is 18.7 Å². The standard InChI is InChI=1S/C25H25N3O2S/c1-17-15-23(29)26-20-9-5-6-10-21(20)28(17)24(30)16-27-13-11-22-19(12-14-31-22)25(27)18-7-3-2-4-8-18/h2-10,12,14,17,25H,11,13,15-16H2,1H3,(H,26,29). The van der Waals surface area contributed by atoms with Gasteiger partial charge in [-0.3, -0.25) is 14.5 Å². The zero-order valence-electron chi connectivity index (χ0n) is 17.5. The van der Waals surface area contributed by atoms with E-state index in [0.29, 0.717) is 12.2 Å². The van der Waals surface area contributed by atoms with Crippen LogP contribution in [0.4, 0.5) is 11.4 Å². The van der Waals surface area contributed by atoms with Gasteiger partial charge in [0.1, 0.15) is 0 Å². The molecule has 0 fully saturated rings. The lowest BCUT2D eigenvalue weighted by Gasteiger charge is -2.38. The molecule has 5 nitrogen and oxygen atoms in total. The number of nitrogens with one attached hydrogen (secondary N) is 1. The Hall–Kier alpha value is -2.96. The molecule has 1 aromatic heterocycles. The predicted octanol–water partition coefficient (Wildman–Crippen LogP) is 4.46.